The molecule has 0 unspecified atom stereocenters. The lowest BCUT2D eigenvalue weighted by Crippen LogP contribution is -2.34. The second-order valence-electron chi connectivity index (χ2n) is 4.37. The van der Waals surface area contributed by atoms with Crippen molar-refractivity contribution in [2.75, 3.05) is 0 Å². The Bertz CT molecular complexity index is 245. The highest BCUT2D eigenvalue weighted by molar-refractivity contribution is 6.41. The van der Waals surface area contributed by atoms with Crippen molar-refractivity contribution in [1.29, 1.82) is 0 Å². The average Bonchev–Trinajstić information content (AvgIpc) is 2.23. The smallest absolute Gasteiger partial charge is 0.562 e. The van der Waals surface area contributed by atoms with Crippen LogP contribution in [0.25, 0.3) is 0 Å². The summed E-state index contributed by atoms with van der Waals surface area (Å²) in [6.07, 6.45) is 4.13. The lowest BCUT2D eigenvalue weighted by Gasteiger charge is -2.15. The van der Waals surface area contributed by atoms with Gasteiger partial charge in [-0.15, -0.1) is 0 Å². The van der Waals surface area contributed by atoms with Crippen molar-refractivity contribution < 1.29 is 21.0 Å². The Labute approximate surface area is 107 Å². The van der Waals surface area contributed by atoms with Crippen LogP contribution in [0.4, 0.5) is 0 Å². The molecule has 96 valence electrons. The minimum Gasteiger partial charge on any atom is -0.562 e. The highest BCUT2D eigenvalue weighted by Gasteiger charge is 2.43. The second-order valence-corrected chi connectivity index (χ2v) is 5.69. The third-order valence-corrected chi connectivity index (χ3v) is 4.03. The fraction of sp³-hybridized carbons (Fsp3) is 0.818. The van der Waals surface area contributed by atoms with Crippen LogP contribution in [0.2, 0.25) is 0 Å². The normalized spacial score (nSPS) is 19.6. The van der Waals surface area contributed by atoms with E-state index in [2.05, 4.69) is 0 Å². The third-order valence-electron chi connectivity index (χ3n) is 2.35. The summed E-state index contributed by atoms with van der Waals surface area (Å²) in [6.45, 7) is 3.64. The molecule has 1 saturated heterocycles. The van der Waals surface area contributed by atoms with Crippen LogP contribution in [0.1, 0.15) is 52.4 Å². The molecule has 0 spiro atoms. The van der Waals surface area contributed by atoms with Crippen molar-refractivity contribution in [3.05, 3.63) is 0 Å². The number of hydrogen-bond acceptors (Lipinski definition) is 5. The Morgan fingerprint density at radius 2 is 1.47 bits per heavy atom. The van der Waals surface area contributed by atoms with Gasteiger partial charge in [0, 0.05) is 18.9 Å². The minimum atomic E-state index is -2.64. The molecule has 17 heavy (non-hydrogen) atoms. The van der Waals surface area contributed by atoms with Gasteiger partial charge >= 0.3 is 15.1 Å². The summed E-state index contributed by atoms with van der Waals surface area (Å²) in [6, 6.07) is 0. The minimum absolute atomic E-state index is 0.114. The third kappa shape index (κ3) is 6.67. The van der Waals surface area contributed by atoms with Crippen LogP contribution in [0, 0.1) is 0 Å². The van der Waals surface area contributed by atoms with Gasteiger partial charge in [-0.25, -0.2) is 0 Å². The maximum Gasteiger partial charge on any atom is 1.10 e. The molecule has 1 aliphatic heterocycles. The van der Waals surface area contributed by atoms with Crippen LogP contribution in [-0.2, 0) is 21.0 Å². The molecule has 0 aromatic rings. The molecule has 0 atom stereocenters. The highest BCUT2D eigenvalue weighted by Crippen LogP contribution is 2.11. The number of carbonyl (C=O) groups excluding carboxylic acids is 2. The summed E-state index contributed by atoms with van der Waals surface area (Å²) in [4.78, 5) is 22.9. The molecule has 6 heteroatoms. The van der Waals surface area contributed by atoms with E-state index in [1.54, 1.807) is 0 Å². The van der Waals surface area contributed by atoms with Crippen LogP contribution in [0.15, 0.2) is 0 Å². The van der Waals surface area contributed by atoms with E-state index in [9.17, 15) is 9.59 Å². The molecule has 1 heterocycles. The molecule has 0 aromatic carbocycles. The van der Waals surface area contributed by atoms with Gasteiger partial charge in [0.15, 0.2) is 0 Å². The van der Waals surface area contributed by atoms with Gasteiger partial charge in [0.1, 0.15) is 0 Å². The standard InChI is InChI=1S/C8H14O4.C3H7O.Al/c9-7(10)5-3-1-2-4-6-8(11)12;1-3(2)4;/h1-6H2,(H,9,10)(H,11,12);3H,1-2H3;/q;-1;+3/p-2. The Hall–Kier alpha value is -0.568. The molecule has 1 rings (SSSR count). The molecule has 1 aliphatic rings. The van der Waals surface area contributed by atoms with Crippen molar-refractivity contribution in [2.45, 2.75) is 58.5 Å². The van der Waals surface area contributed by atoms with Crippen molar-refractivity contribution in [3.63, 3.8) is 0 Å². The SMILES string of the molecule is CC(C)[O][Al]1[O]C(=O)CCCCCCC(=O)[O]1. The Kier molecular flexibility index (Phi) is 6.56. The molecule has 0 saturated carbocycles. The number of carbonyl (C=O) groups is 2. The molecule has 0 amide bonds. The molecule has 0 N–H and O–H groups in total. The first-order chi connectivity index (χ1) is 8.08. The van der Waals surface area contributed by atoms with Gasteiger partial charge in [-0.3, -0.25) is 9.59 Å². The Balaban J connectivity index is 2.56. The van der Waals surface area contributed by atoms with Gasteiger partial charge in [-0.1, -0.05) is 12.8 Å². The quantitative estimate of drug-likeness (QED) is 0.707. The topological polar surface area (TPSA) is 61.8 Å². The molecule has 0 radical (unpaired) electrons. The lowest BCUT2D eigenvalue weighted by molar-refractivity contribution is -0.143. The van der Waals surface area contributed by atoms with E-state index < -0.39 is 15.1 Å². The fourth-order valence-corrected chi connectivity index (χ4v) is 2.80. The molecule has 0 aliphatic carbocycles. The van der Waals surface area contributed by atoms with E-state index in [0.29, 0.717) is 12.8 Å². The van der Waals surface area contributed by atoms with Crippen molar-refractivity contribution >= 4 is 27.1 Å². The van der Waals surface area contributed by atoms with Gasteiger partial charge in [0.05, 0.1) is 0 Å². The van der Waals surface area contributed by atoms with Gasteiger partial charge in [-0.05, 0) is 26.7 Å². The van der Waals surface area contributed by atoms with Gasteiger partial charge < -0.3 is 11.4 Å². The van der Waals surface area contributed by atoms with Gasteiger partial charge in [0.2, 0.25) is 0 Å². The van der Waals surface area contributed by atoms with Crippen molar-refractivity contribution in [2.24, 2.45) is 0 Å². The molecule has 1 fully saturated rings. The number of hydrogen-bond donors (Lipinski definition) is 0. The van der Waals surface area contributed by atoms with Gasteiger partial charge in [-0.2, -0.15) is 0 Å². The van der Waals surface area contributed by atoms with Crippen molar-refractivity contribution in [1.82, 2.24) is 0 Å². The van der Waals surface area contributed by atoms with Crippen LogP contribution in [0.3, 0.4) is 0 Å². The average molecular weight is 258 g/mol. The van der Waals surface area contributed by atoms with Crippen LogP contribution < -0.4 is 0 Å². The Morgan fingerprint density at radius 1 is 1.00 bits per heavy atom. The van der Waals surface area contributed by atoms with Gasteiger partial charge in [0.25, 0.3) is 11.9 Å². The van der Waals surface area contributed by atoms with Crippen LogP contribution in [-0.4, -0.2) is 33.2 Å². The Morgan fingerprint density at radius 3 is 1.88 bits per heavy atom. The van der Waals surface area contributed by atoms with E-state index in [0.717, 1.165) is 25.7 Å². The first-order valence-corrected chi connectivity index (χ1v) is 7.54. The van der Waals surface area contributed by atoms with E-state index in [1.165, 1.54) is 0 Å². The first-order valence-electron chi connectivity index (χ1n) is 6.12. The second kappa shape index (κ2) is 7.70. The zero-order valence-electron chi connectivity index (χ0n) is 10.4. The summed E-state index contributed by atoms with van der Waals surface area (Å²) in [7, 11) is 0. The summed E-state index contributed by atoms with van der Waals surface area (Å²) in [5.74, 6) is -0.644. The predicted octanol–water partition coefficient (Wildman–Crippen LogP) is 1.84. The maximum absolute atomic E-state index is 11.5. The summed E-state index contributed by atoms with van der Waals surface area (Å²) >= 11 is -2.64. The molecular weight excluding hydrogens is 239 g/mol. The van der Waals surface area contributed by atoms with Crippen LogP contribution >= 0.6 is 0 Å². The van der Waals surface area contributed by atoms with E-state index in [-0.39, 0.29) is 18.0 Å². The first kappa shape index (κ1) is 14.5. The van der Waals surface area contributed by atoms with Crippen LogP contribution in [0.5, 0.6) is 0 Å². The van der Waals surface area contributed by atoms with E-state index in [1.807, 2.05) is 13.8 Å². The lowest BCUT2D eigenvalue weighted by atomic mass is 10.1. The van der Waals surface area contributed by atoms with Crippen molar-refractivity contribution in [3.8, 4) is 0 Å². The molecule has 5 nitrogen and oxygen atoms in total. The highest BCUT2D eigenvalue weighted by atomic mass is 27.3. The largest absolute Gasteiger partial charge is 1.10 e. The maximum atomic E-state index is 11.5. The number of rotatable bonds is 2. The fourth-order valence-electron chi connectivity index (χ4n) is 1.53. The summed E-state index contributed by atoms with van der Waals surface area (Å²) in [5.41, 5.74) is 0. The molecular formula is C11H19AlO5. The zero-order chi connectivity index (χ0) is 12.7. The summed E-state index contributed by atoms with van der Waals surface area (Å²) in [5, 5.41) is 0. The summed E-state index contributed by atoms with van der Waals surface area (Å²) < 4.78 is 15.6. The van der Waals surface area contributed by atoms with E-state index in [4.69, 9.17) is 11.4 Å². The zero-order valence-corrected chi connectivity index (χ0v) is 11.6. The monoisotopic (exact) mass is 258 g/mol. The molecule has 0 bridgehead atoms. The van der Waals surface area contributed by atoms with E-state index >= 15 is 0 Å². The predicted molar refractivity (Wildman–Crippen MR) is 61.9 cm³/mol. The molecule has 0 aromatic heterocycles.